The lowest BCUT2D eigenvalue weighted by atomic mass is 9.82. The van der Waals surface area contributed by atoms with Crippen molar-refractivity contribution in [1.29, 1.82) is 0 Å². The van der Waals surface area contributed by atoms with Gasteiger partial charge in [0.15, 0.2) is 5.82 Å². The third kappa shape index (κ3) is 5.94. The Morgan fingerprint density at radius 3 is 1.56 bits per heavy atom. The van der Waals surface area contributed by atoms with Gasteiger partial charge in [0.1, 0.15) is 0 Å². The Kier molecular flexibility index (Phi) is 8.16. The first kappa shape index (κ1) is 34.7. The average molecular weight is 754 g/mol. The van der Waals surface area contributed by atoms with E-state index >= 15 is 0 Å². The molecule has 0 bridgehead atoms. The summed E-state index contributed by atoms with van der Waals surface area (Å²) in [5, 5.41) is 3.32. The van der Waals surface area contributed by atoms with Crippen molar-refractivity contribution in [2.24, 2.45) is 0 Å². The van der Waals surface area contributed by atoms with Crippen molar-refractivity contribution < 1.29 is 0 Å². The molecule has 1 aliphatic carbocycles. The predicted octanol–water partition coefficient (Wildman–Crippen LogP) is 14.5. The molecular formula is C56H39N3. The summed E-state index contributed by atoms with van der Waals surface area (Å²) < 4.78 is 0. The molecule has 0 unspecified atom stereocenters. The van der Waals surface area contributed by atoms with Gasteiger partial charge in [0.05, 0.1) is 22.6 Å². The number of fused-ring (bicyclic) bond motifs is 5. The highest BCUT2D eigenvalue weighted by Crippen LogP contribution is 2.51. The molecule has 0 fully saturated rings. The third-order valence-corrected chi connectivity index (χ3v) is 12.1. The van der Waals surface area contributed by atoms with Gasteiger partial charge >= 0.3 is 0 Å². The molecule has 59 heavy (non-hydrogen) atoms. The first-order valence-electron chi connectivity index (χ1n) is 20.3. The fourth-order valence-electron chi connectivity index (χ4n) is 9.09. The normalized spacial score (nSPS) is 12.7. The fourth-order valence-corrected chi connectivity index (χ4v) is 9.09. The highest BCUT2D eigenvalue weighted by Gasteiger charge is 2.36. The maximum atomic E-state index is 5.55. The van der Waals surface area contributed by atoms with Gasteiger partial charge in [-0.2, -0.15) is 0 Å². The van der Waals surface area contributed by atoms with E-state index < -0.39 is 0 Å². The summed E-state index contributed by atoms with van der Waals surface area (Å²) in [6, 6.07) is 71.3. The fraction of sp³-hybridized carbons (Fsp3) is 0.0536. The van der Waals surface area contributed by atoms with Crippen molar-refractivity contribution >= 4 is 21.7 Å². The summed E-state index contributed by atoms with van der Waals surface area (Å²) in [6.07, 6.45) is 0. The number of pyridine rings is 1. The van der Waals surface area contributed by atoms with E-state index in [-0.39, 0.29) is 5.41 Å². The number of hydrogen-bond donors (Lipinski definition) is 0. The van der Waals surface area contributed by atoms with Crippen molar-refractivity contribution in [3.05, 3.63) is 211 Å². The molecule has 3 heteroatoms. The Balaban J connectivity index is 1.13. The minimum Gasteiger partial charge on any atom is -0.248 e. The lowest BCUT2D eigenvalue weighted by Gasteiger charge is -2.22. The molecule has 0 saturated heterocycles. The summed E-state index contributed by atoms with van der Waals surface area (Å²) >= 11 is 0. The van der Waals surface area contributed by atoms with Crippen LogP contribution in [0.25, 0.3) is 100 Å². The molecule has 11 rings (SSSR count). The first-order chi connectivity index (χ1) is 29.0. The molecule has 0 spiro atoms. The van der Waals surface area contributed by atoms with Crippen molar-refractivity contribution in [3.63, 3.8) is 0 Å². The van der Waals surface area contributed by atoms with Gasteiger partial charge in [0.25, 0.3) is 0 Å². The van der Waals surface area contributed by atoms with Crippen molar-refractivity contribution in [1.82, 2.24) is 15.0 Å². The monoisotopic (exact) mass is 753 g/mol. The van der Waals surface area contributed by atoms with Crippen LogP contribution >= 0.6 is 0 Å². The molecule has 3 nitrogen and oxygen atoms in total. The van der Waals surface area contributed by atoms with E-state index in [2.05, 4.69) is 202 Å². The second-order valence-corrected chi connectivity index (χ2v) is 16.0. The minimum absolute atomic E-state index is 0.146. The van der Waals surface area contributed by atoms with Crippen molar-refractivity contribution in [2.45, 2.75) is 19.3 Å². The highest BCUT2D eigenvalue weighted by atomic mass is 14.9. The SMILES string of the molecule is CC1(C)c2ccccc2-c2cc3c(-c4cccc(-c5ccccc5)c4)cc(-c4ccc(-c5nc(-c6ccccc6)cc(-c6ccccc6)n5)c5ccccc45)nc3cc21. The van der Waals surface area contributed by atoms with Gasteiger partial charge in [0, 0.05) is 33.1 Å². The van der Waals surface area contributed by atoms with E-state index in [9.17, 15) is 0 Å². The van der Waals surface area contributed by atoms with Gasteiger partial charge in [-0.05, 0) is 91.7 Å². The largest absolute Gasteiger partial charge is 0.248 e. The summed E-state index contributed by atoms with van der Waals surface area (Å²) in [7, 11) is 0. The topological polar surface area (TPSA) is 38.7 Å². The molecule has 10 aromatic rings. The highest BCUT2D eigenvalue weighted by molar-refractivity contribution is 6.07. The van der Waals surface area contributed by atoms with Gasteiger partial charge in [-0.25, -0.2) is 15.0 Å². The smallest absolute Gasteiger partial charge is 0.161 e. The van der Waals surface area contributed by atoms with E-state index in [0.29, 0.717) is 5.82 Å². The first-order valence-corrected chi connectivity index (χ1v) is 20.3. The van der Waals surface area contributed by atoms with Crippen LogP contribution in [-0.2, 0) is 5.41 Å². The molecule has 0 amide bonds. The quantitative estimate of drug-likeness (QED) is 0.170. The van der Waals surface area contributed by atoms with E-state index in [1.165, 1.54) is 33.4 Å². The van der Waals surface area contributed by atoms with E-state index in [1.54, 1.807) is 0 Å². The van der Waals surface area contributed by atoms with Crippen LogP contribution in [0.1, 0.15) is 25.0 Å². The molecule has 278 valence electrons. The Morgan fingerprint density at radius 1 is 0.305 bits per heavy atom. The van der Waals surface area contributed by atoms with Gasteiger partial charge in [0.2, 0.25) is 0 Å². The summed E-state index contributed by atoms with van der Waals surface area (Å²) in [5.41, 5.74) is 17.6. The van der Waals surface area contributed by atoms with E-state index in [4.69, 9.17) is 15.0 Å². The third-order valence-electron chi connectivity index (χ3n) is 12.1. The Labute approximate surface area is 344 Å². The average Bonchev–Trinajstić information content (AvgIpc) is 3.53. The maximum Gasteiger partial charge on any atom is 0.161 e. The molecule has 2 aromatic heterocycles. The molecule has 0 radical (unpaired) electrons. The van der Waals surface area contributed by atoms with Crippen LogP contribution in [0.2, 0.25) is 0 Å². The second kappa shape index (κ2) is 13.9. The van der Waals surface area contributed by atoms with Crippen LogP contribution in [-0.4, -0.2) is 15.0 Å². The Hall–Kier alpha value is -7.49. The summed E-state index contributed by atoms with van der Waals surface area (Å²) in [6.45, 7) is 4.67. The van der Waals surface area contributed by atoms with Crippen LogP contribution in [0.4, 0.5) is 0 Å². The van der Waals surface area contributed by atoms with E-state index in [0.717, 1.165) is 72.1 Å². The Bertz CT molecular complexity index is 3170. The minimum atomic E-state index is -0.146. The van der Waals surface area contributed by atoms with Gasteiger partial charge in [-0.3, -0.25) is 0 Å². The zero-order valence-electron chi connectivity index (χ0n) is 32.9. The van der Waals surface area contributed by atoms with Crippen LogP contribution in [0.3, 0.4) is 0 Å². The number of hydrogen-bond acceptors (Lipinski definition) is 3. The van der Waals surface area contributed by atoms with Crippen molar-refractivity contribution in [2.75, 3.05) is 0 Å². The van der Waals surface area contributed by atoms with Crippen LogP contribution in [0.15, 0.2) is 200 Å². The number of rotatable bonds is 6. The molecule has 1 aliphatic rings. The standard InChI is InChI=1S/C56H39N3/c1-56(2)49-28-15-14-27-43(49)47-32-48-46(40-24-16-23-39(31-40)36-17-6-3-7-18-36)33-53(57-54(48)34-50(47)56)44-29-30-45(42-26-13-12-25-41(42)44)55-58-51(37-19-8-4-9-20-37)35-52(59-55)38-21-10-5-11-22-38/h3-35H,1-2H3. The van der Waals surface area contributed by atoms with Gasteiger partial charge in [-0.1, -0.05) is 178 Å². The molecule has 0 aliphatic heterocycles. The van der Waals surface area contributed by atoms with Crippen LogP contribution in [0, 0.1) is 0 Å². The van der Waals surface area contributed by atoms with Crippen LogP contribution < -0.4 is 0 Å². The maximum absolute atomic E-state index is 5.55. The number of aromatic nitrogens is 3. The van der Waals surface area contributed by atoms with E-state index in [1.807, 2.05) is 12.1 Å². The molecule has 0 saturated carbocycles. The lowest BCUT2D eigenvalue weighted by Crippen LogP contribution is -2.14. The van der Waals surface area contributed by atoms with Gasteiger partial charge in [-0.15, -0.1) is 0 Å². The predicted molar refractivity (Wildman–Crippen MR) is 245 cm³/mol. The van der Waals surface area contributed by atoms with Gasteiger partial charge < -0.3 is 0 Å². The summed E-state index contributed by atoms with van der Waals surface area (Å²) in [5.74, 6) is 0.690. The van der Waals surface area contributed by atoms with Crippen molar-refractivity contribution in [3.8, 4) is 78.5 Å². The molecule has 2 heterocycles. The zero-order valence-corrected chi connectivity index (χ0v) is 32.9. The number of nitrogens with zero attached hydrogens (tertiary/aromatic N) is 3. The lowest BCUT2D eigenvalue weighted by molar-refractivity contribution is 0.661. The molecular weight excluding hydrogens is 715 g/mol. The van der Waals surface area contributed by atoms with Crippen LogP contribution in [0.5, 0.6) is 0 Å². The Morgan fingerprint density at radius 2 is 0.864 bits per heavy atom. The molecule has 0 N–H and O–H groups in total. The second-order valence-electron chi connectivity index (χ2n) is 16.0. The molecule has 0 atom stereocenters. The zero-order chi connectivity index (χ0) is 39.5. The molecule has 8 aromatic carbocycles. The number of benzene rings is 8. The summed E-state index contributed by atoms with van der Waals surface area (Å²) in [4.78, 5) is 16.0.